The van der Waals surface area contributed by atoms with E-state index in [4.69, 9.17) is 22.6 Å². The Labute approximate surface area is 237 Å². The number of hydrogen-bond acceptors (Lipinski definition) is 10. The zero-order valence-electron chi connectivity index (χ0n) is 20.3. The van der Waals surface area contributed by atoms with Gasteiger partial charge in [0.05, 0.1) is 34.9 Å². The highest BCUT2D eigenvalue weighted by atomic mass is 35.5. The minimum absolute atomic E-state index is 0.0277. The number of aromatic nitrogens is 2. The van der Waals surface area contributed by atoms with Crippen molar-refractivity contribution in [1.29, 1.82) is 10.5 Å². The van der Waals surface area contributed by atoms with Gasteiger partial charge in [0.2, 0.25) is 11.0 Å². The van der Waals surface area contributed by atoms with Gasteiger partial charge in [-0.05, 0) is 54.8 Å². The first-order chi connectivity index (χ1) is 18.9. The van der Waals surface area contributed by atoms with Crippen molar-refractivity contribution in [2.45, 2.75) is 29.5 Å². The van der Waals surface area contributed by atoms with E-state index in [1.807, 2.05) is 18.2 Å². The fraction of sp³-hybridized carbons (Fsp3) is 0.185. The van der Waals surface area contributed by atoms with E-state index in [1.165, 1.54) is 23.1 Å². The minimum atomic E-state index is -0.584. The van der Waals surface area contributed by atoms with E-state index in [0.29, 0.717) is 56.3 Å². The van der Waals surface area contributed by atoms with Crippen LogP contribution in [0.4, 0.5) is 10.8 Å². The van der Waals surface area contributed by atoms with Gasteiger partial charge in [-0.1, -0.05) is 46.8 Å². The molecule has 2 aromatic carbocycles. The van der Waals surface area contributed by atoms with Crippen molar-refractivity contribution in [1.82, 2.24) is 10.2 Å². The molecule has 1 unspecified atom stereocenters. The number of anilines is 2. The largest absolute Gasteiger partial charge is 0.384 e. The highest BCUT2D eigenvalue weighted by Crippen LogP contribution is 2.47. The van der Waals surface area contributed by atoms with Crippen LogP contribution in [-0.2, 0) is 9.59 Å². The van der Waals surface area contributed by atoms with Crippen LogP contribution in [0.5, 0.6) is 0 Å². The molecule has 9 nitrogen and oxygen atoms in total. The third-order valence-corrected chi connectivity index (χ3v) is 8.62. The van der Waals surface area contributed by atoms with E-state index in [0.717, 1.165) is 5.56 Å². The Hall–Kier alpha value is -4.16. The van der Waals surface area contributed by atoms with Crippen molar-refractivity contribution in [2.24, 2.45) is 5.73 Å². The maximum atomic E-state index is 13.2. The Balaban J connectivity index is 1.39. The Morgan fingerprint density at radius 1 is 1.13 bits per heavy atom. The van der Waals surface area contributed by atoms with E-state index in [-0.39, 0.29) is 28.8 Å². The standard InChI is InChI=1S/C27H20ClN7O2S2/c28-17-8-6-16(7-9-17)23-19(13-30)25(31)35(20-2-1-3-21(36)24(20)23)26-33-34-27(39-26)38-14-22(37)32-18-10-4-15(12-29)5-11-18/h4-11,23H,1-3,14,31H2,(H,32,37). The minimum Gasteiger partial charge on any atom is -0.384 e. The molecular formula is C27H20ClN7O2S2. The molecule has 1 amide bonds. The van der Waals surface area contributed by atoms with E-state index in [1.54, 1.807) is 41.3 Å². The molecule has 2 heterocycles. The number of nitrogens with zero attached hydrogens (tertiary/aromatic N) is 5. The molecule has 0 fully saturated rings. The molecule has 1 atom stereocenters. The predicted molar refractivity (Wildman–Crippen MR) is 150 cm³/mol. The van der Waals surface area contributed by atoms with Crippen LogP contribution in [0.25, 0.3) is 0 Å². The normalized spacial score (nSPS) is 16.9. The molecular weight excluding hydrogens is 554 g/mol. The summed E-state index contributed by atoms with van der Waals surface area (Å²) in [6.45, 7) is 0. The number of benzene rings is 2. The summed E-state index contributed by atoms with van der Waals surface area (Å²) in [5, 5.41) is 31.3. The highest BCUT2D eigenvalue weighted by Gasteiger charge is 2.41. The van der Waals surface area contributed by atoms with Gasteiger partial charge in [-0.15, -0.1) is 10.2 Å². The first-order valence-electron chi connectivity index (χ1n) is 11.9. The molecule has 0 spiro atoms. The predicted octanol–water partition coefficient (Wildman–Crippen LogP) is 5.10. The van der Waals surface area contributed by atoms with E-state index in [2.05, 4.69) is 21.6 Å². The van der Waals surface area contributed by atoms with Gasteiger partial charge in [-0.2, -0.15) is 10.5 Å². The molecule has 0 radical (unpaired) electrons. The van der Waals surface area contributed by atoms with Gasteiger partial charge in [-0.3, -0.25) is 14.5 Å². The zero-order chi connectivity index (χ0) is 27.5. The lowest BCUT2D eigenvalue weighted by Gasteiger charge is -2.38. The van der Waals surface area contributed by atoms with Gasteiger partial charge in [0.15, 0.2) is 10.1 Å². The summed E-state index contributed by atoms with van der Waals surface area (Å²) >= 11 is 8.52. The maximum Gasteiger partial charge on any atom is 0.234 e. The quantitative estimate of drug-likeness (QED) is 0.384. The summed E-state index contributed by atoms with van der Waals surface area (Å²) in [5.74, 6) is -0.551. The molecule has 0 saturated heterocycles. The number of nitriles is 2. The van der Waals surface area contributed by atoms with Gasteiger partial charge in [0.1, 0.15) is 5.82 Å². The second-order valence-electron chi connectivity index (χ2n) is 8.74. The number of rotatable bonds is 6. The molecule has 0 saturated carbocycles. The number of carbonyl (C=O) groups is 2. The van der Waals surface area contributed by atoms with E-state index >= 15 is 0 Å². The van der Waals surface area contributed by atoms with Crippen LogP contribution >= 0.6 is 34.7 Å². The van der Waals surface area contributed by atoms with Crippen molar-refractivity contribution >= 4 is 57.2 Å². The van der Waals surface area contributed by atoms with Crippen molar-refractivity contribution in [3.05, 3.63) is 87.3 Å². The van der Waals surface area contributed by atoms with Gasteiger partial charge < -0.3 is 11.1 Å². The van der Waals surface area contributed by atoms with Crippen LogP contribution in [0.3, 0.4) is 0 Å². The van der Waals surface area contributed by atoms with Crippen molar-refractivity contribution < 1.29 is 9.59 Å². The SMILES string of the molecule is N#CC1=C(N)N(c2nnc(SCC(=O)Nc3ccc(C#N)cc3)s2)C2=C(C(=O)CCC2)C1c1ccc(Cl)cc1. The fourth-order valence-corrected chi connectivity index (χ4v) is 6.40. The second-order valence-corrected chi connectivity index (χ2v) is 11.4. The molecule has 1 aliphatic heterocycles. The molecule has 12 heteroatoms. The number of allylic oxidation sites excluding steroid dienone is 3. The fourth-order valence-electron chi connectivity index (χ4n) is 4.60. The number of hydrogen-bond donors (Lipinski definition) is 2. The third kappa shape index (κ3) is 5.38. The lowest BCUT2D eigenvalue weighted by molar-refractivity contribution is -0.116. The number of carbonyl (C=O) groups excluding carboxylic acids is 2. The number of ketones is 1. The van der Waals surface area contributed by atoms with Crippen molar-refractivity contribution in [2.75, 3.05) is 16.0 Å². The third-order valence-electron chi connectivity index (χ3n) is 6.33. The summed E-state index contributed by atoms with van der Waals surface area (Å²) in [7, 11) is 0. The number of nitrogens with two attached hydrogens (primary N) is 1. The number of amides is 1. The number of halogens is 1. The highest BCUT2D eigenvalue weighted by molar-refractivity contribution is 8.01. The van der Waals surface area contributed by atoms with E-state index in [9.17, 15) is 14.9 Å². The summed E-state index contributed by atoms with van der Waals surface area (Å²) in [6.07, 6.45) is 1.65. The van der Waals surface area contributed by atoms with Crippen LogP contribution in [0.1, 0.15) is 36.3 Å². The summed E-state index contributed by atoms with van der Waals surface area (Å²) in [5.41, 5.74) is 9.95. The first-order valence-corrected chi connectivity index (χ1v) is 14.1. The zero-order valence-corrected chi connectivity index (χ0v) is 22.7. The molecule has 1 aromatic heterocycles. The van der Waals surface area contributed by atoms with Crippen molar-refractivity contribution in [3.8, 4) is 12.1 Å². The number of Topliss-reactive ketones (excluding diaryl/α,β-unsaturated/α-hetero) is 1. The monoisotopic (exact) mass is 573 g/mol. The average molecular weight is 574 g/mol. The first kappa shape index (κ1) is 26.4. The summed E-state index contributed by atoms with van der Waals surface area (Å²) in [4.78, 5) is 27.3. The molecule has 1 aliphatic carbocycles. The summed E-state index contributed by atoms with van der Waals surface area (Å²) in [6, 6.07) is 17.9. The number of thioether (sulfide) groups is 1. The van der Waals surface area contributed by atoms with Crippen LogP contribution in [0.15, 0.2) is 75.5 Å². The van der Waals surface area contributed by atoms with Crippen LogP contribution in [-0.4, -0.2) is 27.6 Å². The van der Waals surface area contributed by atoms with Gasteiger partial charge in [-0.25, -0.2) is 0 Å². The molecule has 39 heavy (non-hydrogen) atoms. The number of nitrogens with one attached hydrogen (secondary N) is 1. The second kappa shape index (κ2) is 11.3. The molecule has 5 rings (SSSR count). The molecule has 194 valence electrons. The molecule has 3 aromatic rings. The smallest absolute Gasteiger partial charge is 0.234 e. The Bertz CT molecular complexity index is 1600. The molecule has 2 aliphatic rings. The Kier molecular flexibility index (Phi) is 7.66. The van der Waals surface area contributed by atoms with E-state index < -0.39 is 5.92 Å². The van der Waals surface area contributed by atoms with Gasteiger partial charge in [0, 0.05) is 28.4 Å². The van der Waals surface area contributed by atoms with Crippen LogP contribution in [0.2, 0.25) is 5.02 Å². The van der Waals surface area contributed by atoms with Gasteiger partial charge >= 0.3 is 0 Å². The van der Waals surface area contributed by atoms with Crippen LogP contribution in [0, 0.1) is 22.7 Å². The molecule has 0 bridgehead atoms. The lowest BCUT2D eigenvalue weighted by Crippen LogP contribution is -2.38. The van der Waals surface area contributed by atoms with Crippen LogP contribution < -0.4 is 16.0 Å². The summed E-state index contributed by atoms with van der Waals surface area (Å²) < 4.78 is 0.537. The average Bonchev–Trinajstić information content (AvgIpc) is 3.41. The topological polar surface area (TPSA) is 149 Å². The maximum absolute atomic E-state index is 13.2. The van der Waals surface area contributed by atoms with Crippen molar-refractivity contribution in [3.63, 3.8) is 0 Å². The molecule has 3 N–H and O–H groups in total. The van der Waals surface area contributed by atoms with Gasteiger partial charge in [0.25, 0.3) is 0 Å². The lowest BCUT2D eigenvalue weighted by atomic mass is 9.76. The Morgan fingerprint density at radius 2 is 1.87 bits per heavy atom. The Morgan fingerprint density at radius 3 is 2.56 bits per heavy atom.